The number of likely N-dealkylation sites (tertiary alicyclic amines) is 1. The fraction of sp³-hybridized carbons (Fsp3) is 0.562. The largest absolute Gasteiger partial charge is 0.497 e. The van der Waals surface area contributed by atoms with Crippen LogP contribution < -0.4 is 14.8 Å². The van der Waals surface area contributed by atoms with Crippen LogP contribution in [-0.4, -0.2) is 56.3 Å². The normalized spacial score (nSPS) is 19.7. The summed E-state index contributed by atoms with van der Waals surface area (Å²) in [7, 11) is 3.26. The number of nitrogens with zero attached hydrogens (tertiary/aromatic N) is 1. The molecule has 0 unspecified atom stereocenters. The monoisotopic (exact) mass is 338 g/mol. The molecular formula is C16H22N2O4S. The number of piperidine rings is 1. The molecule has 23 heavy (non-hydrogen) atoms. The maximum Gasteiger partial charge on any atom is 0.173 e. The zero-order valence-electron chi connectivity index (χ0n) is 13.5. The molecule has 2 heterocycles. The smallest absolute Gasteiger partial charge is 0.173 e. The van der Waals surface area contributed by atoms with Crippen LogP contribution in [0.15, 0.2) is 18.2 Å². The zero-order chi connectivity index (χ0) is 16.3. The van der Waals surface area contributed by atoms with Crippen molar-refractivity contribution in [2.24, 2.45) is 0 Å². The van der Waals surface area contributed by atoms with Crippen LogP contribution in [-0.2, 0) is 9.47 Å². The minimum atomic E-state index is -0.384. The van der Waals surface area contributed by atoms with Gasteiger partial charge in [-0.1, -0.05) is 0 Å². The van der Waals surface area contributed by atoms with Gasteiger partial charge in [0.05, 0.1) is 27.4 Å². The summed E-state index contributed by atoms with van der Waals surface area (Å²) in [4.78, 5) is 2.14. The highest BCUT2D eigenvalue weighted by molar-refractivity contribution is 7.80. The van der Waals surface area contributed by atoms with Crippen LogP contribution in [0.3, 0.4) is 0 Å². The van der Waals surface area contributed by atoms with Gasteiger partial charge in [-0.05, 0) is 12.2 Å². The summed E-state index contributed by atoms with van der Waals surface area (Å²) in [6, 6.07) is 5.61. The second kappa shape index (κ2) is 6.90. The van der Waals surface area contributed by atoms with Crippen molar-refractivity contribution in [2.75, 3.05) is 45.8 Å². The van der Waals surface area contributed by atoms with Crippen LogP contribution >= 0.6 is 12.2 Å². The number of rotatable bonds is 3. The molecule has 0 aliphatic carbocycles. The molecule has 1 aromatic carbocycles. The summed E-state index contributed by atoms with van der Waals surface area (Å²) in [6.07, 6.45) is 1.66. The minimum Gasteiger partial charge on any atom is -0.497 e. The zero-order valence-corrected chi connectivity index (χ0v) is 14.3. The van der Waals surface area contributed by atoms with E-state index in [2.05, 4.69) is 10.2 Å². The van der Waals surface area contributed by atoms with Gasteiger partial charge in [0.1, 0.15) is 11.5 Å². The summed E-state index contributed by atoms with van der Waals surface area (Å²) in [5.74, 6) is 1.06. The van der Waals surface area contributed by atoms with Gasteiger partial charge in [-0.3, -0.25) is 0 Å². The molecule has 126 valence electrons. The third-order valence-corrected chi connectivity index (χ3v) is 4.59. The van der Waals surface area contributed by atoms with Gasteiger partial charge in [0, 0.05) is 49.8 Å². The molecule has 0 aromatic heterocycles. The van der Waals surface area contributed by atoms with E-state index < -0.39 is 0 Å². The average Bonchev–Trinajstić information content (AvgIpc) is 3.03. The number of hydrogen-bond acceptors (Lipinski definition) is 5. The fourth-order valence-electron chi connectivity index (χ4n) is 2.92. The molecule has 2 fully saturated rings. The average molecular weight is 338 g/mol. The Hall–Kier alpha value is -1.57. The Bertz CT molecular complexity index is 543. The van der Waals surface area contributed by atoms with Gasteiger partial charge in [0.15, 0.2) is 10.9 Å². The first kappa shape index (κ1) is 16.3. The van der Waals surface area contributed by atoms with Crippen molar-refractivity contribution in [1.82, 2.24) is 4.90 Å². The van der Waals surface area contributed by atoms with E-state index in [1.54, 1.807) is 14.2 Å². The maximum absolute atomic E-state index is 5.74. The van der Waals surface area contributed by atoms with Crippen LogP contribution in [0, 0.1) is 0 Å². The predicted octanol–water partition coefficient (Wildman–Crippen LogP) is 2.24. The highest BCUT2D eigenvalue weighted by Gasteiger charge is 2.40. The summed E-state index contributed by atoms with van der Waals surface area (Å²) in [6.45, 7) is 3.00. The molecule has 2 saturated heterocycles. The number of benzene rings is 1. The number of methoxy groups -OCH3 is 2. The Kier molecular flexibility index (Phi) is 4.89. The van der Waals surface area contributed by atoms with Crippen molar-refractivity contribution in [1.29, 1.82) is 0 Å². The number of nitrogens with one attached hydrogen (secondary N) is 1. The van der Waals surface area contributed by atoms with E-state index in [1.165, 1.54) is 0 Å². The first-order valence-electron chi connectivity index (χ1n) is 7.71. The van der Waals surface area contributed by atoms with E-state index in [1.807, 2.05) is 18.2 Å². The van der Waals surface area contributed by atoms with Crippen LogP contribution in [0.1, 0.15) is 12.8 Å². The van der Waals surface area contributed by atoms with E-state index >= 15 is 0 Å². The molecule has 0 bridgehead atoms. The van der Waals surface area contributed by atoms with Gasteiger partial charge in [-0.25, -0.2) is 0 Å². The Morgan fingerprint density at radius 1 is 1.09 bits per heavy atom. The minimum absolute atomic E-state index is 0.384. The van der Waals surface area contributed by atoms with Crippen molar-refractivity contribution in [3.63, 3.8) is 0 Å². The molecule has 7 heteroatoms. The van der Waals surface area contributed by atoms with Crippen molar-refractivity contribution < 1.29 is 18.9 Å². The van der Waals surface area contributed by atoms with Gasteiger partial charge >= 0.3 is 0 Å². The Balaban J connectivity index is 1.61. The summed E-state index contributed by atoms with van der Waals surface area (Å²) >= 11 is 5.53. The number of hydrogen-bond donors (Lipinski definition) is 1. The molecule has 1 spiro atoms. The second-order valence-electron chi connectivity index (χ2n) is 5.63. The van der Waals surface area contributed by atoms with Gasteiger partial charge in [0.25, 0.3) is 0 Å². The van der Waals surface area contributed by atoms with Crippen molar-refractivity contribution >= 4 is 23.0 Å². The lowest BCUT2D eigenvalue weighted by Crippen LogP contribution is -2.48. The molecule has 0 amide bonds. The number of ether oxygens (including phenoxy) is 4. The SMILES string of the molecule is COc1cc(NC(=S)N2CCC3(CC2)OCCO3)cc(OC)c1. The summed E-state index contributed by atoms with van der Waals surface area (Å²) < 4.78 is 22.0. The first-order valence-corrected chi connectivity index (χ1v) is 8.12. The van der Waals surface area contributed by atoms with Crippen LogP contribution in [0.2, 0.25) is 0 Å². The lowest BCUT2D eigenvalue weighted by Gasteiger charge is -2.38. The second-order valence-corrected chi connectivity index (χ2v) is 6.01. The van der Waals surface area contributed by atoms with Gasteiger partial charge < -0.3 is 29.2 Å². The third kappa shape index (κ3) is 3.68. The van der Waals surface area contributed by atoms with Gasteiger partial charge in [-0.15, -0.1) is 0 Å². The molecule has 1 aromatic rings. The van der Waals surface area contributed by atoms with Gasteiger partial charge in [0.2, 0.25) is 0 Å². The van der Waals surface area contributed by atoms with Crippen molar-refractivity contribution in [3.05, 3.63) is 18.2 Å². The lowest BCUT2D eigenvalue weighted by atomic mass is 10.0. The molecular weight excluding hydrogens is 316 g/mol. The predicted molar refractivity (Wildman–Crippen MR) is 91.2 cm³/mol. The molecule has 1 N–H and O–H groups in total. The molecule has 0 atom stereocenters. The van der Waals surface area contributed by atoms with E-state index in [-0.39, 0.29) is 5.79 Å². The molecule has 6 nitrogen and oxygen atoms in total. The number of thiocarbonyl (C=S) groups is 1. The van der Waals surface area contributed by atoms with E-state index in [9.17, 15) is 0 Å². The van der Waals surface area contributed by atoms with Crippen molar-refractivity contribution in [3.8, 4) is 11.5 Å². The Morgan fingerprint density at radius 2 is 1.65 bits per heavy atom. The fourth-order valence-corrected chi connectivity index (χ4v) is 3.22. The highest BCUT2D eigenvalue weighted by atomic mass is 32.1. The van der Waals surface area contributed by atoms with E-state index in [0.29, 0.717) is 18.3 Å². The molecule has 0 radical (unpaired) electrons. The summed E-state index contributed by atoms with van der Waals surface area (Å²) in [5.41, 5.74) is 0.847. The third-order valence-electron chi connectivity index (χ3n) is 4.23. The molecule has 2 aliphatic heterocycles. The molecule has 2 aliphatic rings. The quantitative estimate of drug-likeness (QED) is 0.848. The maximum atomic E-state index is 5.74. The van der Waals surface area contributed by atoms with E-state index in [4.69, 9.17) is 31.2 Å². The first-order chi connectivity index (χ1) is 11.1. The van der Waals surface area contributed by atoms with Crippen LogP contribution in [0.4, 0.5) is 5.69 Å². The lowest BCUT2D eigenvalue weighted by molar-refractivity contribution is -0.180. The van der Waals surface area contributed by atoms with E-state index in [0.717, 1.165) is 43.1 Å². The Morgan fingerprint density at radius 3 is 2.17 bits per heavy atom. The number of anilines is 1. The molecule has 3 rings (SSSR count). The summed E-state index contributed by atoms with van der Waals surface area (Å²) in [5, 5.41) is 3.94. The Labute approximate surface area is 141 Å². The molecule has 0 saturated carbocycles. The van der Waals surface area contributed by atoms with Crippen LogP contribution in [0.25, 0.3) is 0 Å². The van der Waals surface area contributed by atoms with Crippen molar-refractivity contribution in [2.45, 2.75) is 18.6 Å². The van der Waals surface area contributed by atoms with Crippen LogP contribution in [0.5, 0.6) is 11.5 Å². The standard InChI is InChI=1S/C16H22N2O4S/c1-19-13-9-12(10-14(11-13)20-2)17-15(23)18-5-3-16(4-6-18)21-7-8-22-16/h9-11H,3-8H2,1-2H3,(H,17,23). The highest BCUT2D eigenvalue weighted by Crippen LogP contribution is 2.32. The van der Waals surface area contributed by atoms with Gasteiger partial charge in [-0.2, -0.15) is 0 Å². The topological polar surface area (TPSA) is 52.2 Å².